The van der Waals surface area contributed by atoms with Crippen LogP contribution in [0.4, 0.5) is 0 Å². The lowest BCUT2D eigenvalue weighted by Gasteiger charge is -2.29. The Labute approximate surface area is 114 Å². The summed E-state index contributed by atoms with van der Waals surface area (Å²) in [4.78, 5) is 0. The zero-order chi connectivity index (χ0) is 14.3. The topological polar surface area (TPSA) is 72.2 Å². The summed E-state index contributed by atoms with van der Waals surface area (Å²) >= 11 is 0. The van der Waals surface area contributed by atoms with E-state index in [9.17, 15) is 13.5 Å². The van der Waals surface area contributed by atoms with Gasteiger partial charge < -0.3 is 5.11 Å². The fraction of sp³-hybridized carbons (Fsp3) is 0.769. The van der Waals surface area contributed by atoms with Gasteiger partial charge in [0.05, 0.1) is 16.5 Å². The lowest BCUT2D eigenvalue weighted by Crippen LogP contribution is -2.44. The van der Waals surface area contributed by atoms with Crippen molar-refractivity contribution >= 4 is 9.84 Å². The van der Waals surface area contributed by atoms with Gasteiger partial charge in [-0.25, -0.2) is 8.42 Å². The first-order valence-corrected chi connectivity index (χ1v) is 8.66. The van der Waals surface area contributed by atoms with E-state index < -0.39 is 20.7 Å². The third-order valence-electron chi connectivity index (χ3n) is 3.96. The van der Waals surface area contributed by atoms with Gasteiger partial charge in [0.1, 0.15) is 0 Å². The van der Waals surface area contributed by atoms with Crippen molar-refractivity contribution in [2.45, 2.75) is 56.9 Å². The molecule has 1 aliphatic carbocycles. The van der Waals surface area contributed by atoms with E-state index in [1.165, 1.54) is 6.26 Å². The van der Waals surface area contributed by atoms with Crippen molar-refractivity contribution in [2.75, 3.05) is 6.26 Å². The van der Waals surface area contributed by atoms with Gasteiger partial charge in [-0.05, 0) is 39.2 Å². The molecule has 0 aromatic carbocycles. The number of nitrogens with zero attached hydrogens (tertiary/aromatic N) is 2. The summed E-state index contributed by atoms with van der Waals surface area (Å²) in [5, 5.41) is 14.4. The molecule has 0 spiro atoms. The monoisotopic (exact) mass is 286 g/mol. The number of hydrogen-bond acceptors (Lipinski definition) is 4. The van der Waals surface area contributed by atoms with Crippen molar-refractivity contribution in [3.05, 3.63) is 17.5 Å². The Morgan fingerprint density at radius 3 is 2.84 bits per heavy atom. The molecule has 6 heteroatoms. The lowest BCUT2D eigenvalue weighted by molar-refractivity contribution is 0.0492. The van der Waals surface area contributed by atoms with Crippen molar-refractivity contribution in [1.82, 2.24) is 9.78 Å². The van der Waals surface area contributed by atoms with E-state index in [1.54, 1.807) is 0 Å². The van der Waals surface area contributed by atoms with Crippen LogP contribution in [0.2, 0.25) is 0 Å². The summed E-state index contributed by atoms with van der Waals surface area (Å²) in [6.45, 7) is 4.62. The molecule has 2 rings (SSSR count). The van der Waals surface area contributed by atoms with Crippen LogP contribution in [0.15, 0.2) is 6.07 Å². The third kappa shape index (κ3) is 2.84. The minimum absolute atomic E-state index is 0.361. The molecule has 1 fully saturated rings. The zero-order valence-electron chi connectivity index (χ0n) is 11.8. The molecule has 0 amide bonds. The third-order valence-corrected chi connectivity index (χ3v) is 5.67. The number of aliphatic hydroxyl groups is 1. The van der Waals surface area contributed by atoms with Crippen LogP contribution in [0.3, 0.4) is 0 Å². The molecule has 5 nitrogen and oxygen atoms in total. The number of aromatic nitrogens is 2. The maximum atomic E-state index is 11.8. The summed E-state index contributed by atoms with van der Waals surface area (Å²) in [6.07, 6.45) is 3.43. The molecule has 2 unspecified atom stereocenters. The maximum absolute atomic E-state index is 11.8. The van der Waals surface area contributed by atoms with Crippen LogP contribution in [-0.2, 0) is 22.8 Å². The molecule has 0 radical (unpaired) electrons. The van der Waals surface area contributed by atoms with Gasteiger partial charge in [0.2, 0.25) is 0 Å². The summed E-state index contributed by atoms with van der Waals surface area (Å²) in [5.41, 5.74) is 0.667. The highest BCUT2D eigenvalue weighted by atomic mass is 32.2. The molecule has 0 saturated heterocycles. The van der Waals surface area contributed by atoms with Gasteiger partial charge in [0.25, 0.3) is 0 Å². The smallest absolute Gasteiger partial charge is 0.153 e. The van der Waals surface area contributed by atoms with Crippen LogP contribution in [0.25, 0.3) is 0 Å². The molecule has 1 N–H and O–H groups in total. The molecular weight excluding hydrogens is 264 g/mol. The number of sulfone groups is 1. The Hall–Kier alpha value is -0.880. The van der Waals surface area contributed by atoms with Crippen molar-refractivity contribution in [1.29, 1.82) is 0 Å². The molecule has 2 atom stereocenters. The van der Waals surface area contributed by atoms with Crippen molar-refractivity contribution in [3.8, 4) is 0 Å². The average Bonchev–Trinajstić information content (AvgIpc) is 2.81. The zero-order valence-corrected chi connectivity index (χ0v) is 12.6. The molecule has 1 aromatic rings. The van der Waals surface area contributed by atoms with Gasteiger partial charge in [-0.3, -0.25) is 4.68 Å². The standard InChI is InChI=1S/C13H22N2O3S/c1-4-15-11(8-10(2)14-15)9-13(16)7-5-6-12(13)19(3,17)18/h8,12,16H,4-7,9H2,1-3H3. The SMILES string of the molecule is CCn1nc(C)cc1CC1(O)CCCC1S(C)(=O)=O. The quantitative estimate of drug-likeness (QED) is 0.899. The summed E-state index contributed by atoms with van der Waals surface area (Å²) in [7, 11) is -3.22. The fourth-order valence-electron chi connectivity index (χ4n) is 3.17. The second-order valence-corrected chi connectivity index (χ2v) is 7.81. The number of hydrogen-bond donors (Lipinski definition) is 1. The van der Waals surface area contributed by atoms with Gasteiger partial charge in [-0.1, -0.05) is 0 Å². The second-order valence-electron chi connectivity index (χ2n) is 5.58. The minimum atomic E-state index is -3.22. The van der Waals surface area contributed by atoms with E-state index >= 15 is 0 Å². The Bertz CT molecular complexity index is 564. The highest BCUT2D eigenvalue weighted by Crippen LogP contribution is 2.37. The molecule has 1 heterocycles. The van der Waals surface area contributed by atoms with Crippen molar-refractivity contribution < 1.29 is 13.5 Å². The molecule has 1 aliphatic rings. The van der Waals surface area contributed by atoms with Crippen molar-refractivity contribution in [2.24, 2.45) is 0 Å². The van der Waals surface area contributed by atoms with Gasteiger partial charge in [0.15, 0.2) is 9.84 Å². The molecule has 108 valence electrons. The van der Waals surface area contributed by atoms with Crippen LogP contribution >= 0.6 is 0 Å². The van der Waals surface area contributed by atoms with Crippen molar-refractivity contribution in [3.63, 3.8) is 0 Å². The summed E-state index contributed by atoms with van der Waals surface area (Å²) in [6, 6.07) is 1.93. The largest absolute Gasteiger partial charge is 0.388 e. The summed E-state index contributed by atoms with van der Waals surface area (Å²) < 4.78 is 25.5. The van der Waals surface area contributed by atoms with Crippen LogP contribution in [0.5, 0.6) is 0 Å². The van der Waals surface area contributed by atoms with Crippen LogP contribution < -0.4 is 0 Å². The van der Waals surface area contributed by atoms with Gasteiger partial charge in [-0.2, -0.15) is 5.10 Å². The van der Waals surface area contributed by atoms with E-state index in [4.69, 9.17) is 0 Å². The van der Waals surface area contributed by atoms with E-state index in [0.29, 0.717) is 19.3 Å². The average molecular weight is 286 g/mol. The second kappa shape index (κ2) is 4.90. The van der Waals surface area contributed by atoms with Crippen LogP contribution in [0, 0.1) is 6.92 Å². The maximum Gasteiger partial charge on any atom is 0.153 e. The molecule has 0 aliphatic heterocycles. The van der Waals surface area contributed by atoms with Crippen LogP contribution in [0.1, 0.15) is 37.6 Å². The Balaban J connectivity index is 2.30. The fourth-order valence-corrected chi connectivity index (χ4v) is 4.76. The van der Waals surface area contributed by atoms with Gasteiger partial charge in [-0.15, -0.1) is 0 Å². The molecule has 19 heavy (non-hydrogen) atoms. The molecule has 1 saturated carbocycles. The molecule has 0 bridgehead atoms. The Morgan fingerprint density at radius 1 is 1.58 bits per heavy atom. The van der Waals surface area contributed by atoms with E-state index in [1.807, 2.05) is 24.6 Å². The highest BCUT2D eigenvalue weighted by molar-refractivity contribution is 7.91. The Morgan fingerprint density at radius 2 is 2.26 bits per heavy atom. The summed E-state index contributed by atoms with van der Waals surface area (Å²) in [5.74, 6) is 0. The highest BCUT2D eigenvalue weighted by Gasteiger charge is 2.47. The predicted octanol–water partition coefficient (Wildman–Crippen LogP) is 1.08. The normalized spacial score (nSPS) is 27.9. The van der Waals surface area contributed by atoms with Gasteiger partial charge in [0, 0.05) is 24.9 Å². The van der Waals surface area contributed by atoms with E-state index in [-0.39, 0.29) is 0 Å². The van der Waals surface area contributed by atoms with Gasteiger partial charge >= 0.3 is 0 Å². The molecular formula is C13H22N2O3S. The van der Waals surface area contributed by atoms with E-state index in [0.717, 1.165) is 24.4 Å². The molecule has 1 aromatic heterocycles. The minimum Gasteiger partial charge on any atom is -0.388 e. The first-order valence-electron chi connectivity index (χ1n) is 6.71. The lowest BCUT2D eigenvalue weighted by atomic mass is 9.95. The van der Waals surface area contributed by atoms with Crippen LogP contribution in [-0.4, -0.2) is 40.4 Å². The van der Waals surface area contributed by atoms with E-state index in [2.05, 4.69) is 5.10 Å². The first-order chi connectivity index (χ1) is 8.76. The Kier molecular flexibility index (Phi) is 3.75. The first kappa shape index (κ1) is 14.5. The number of aryl methyl sites for hydroxylation is 2. The predicted molar refractivity (Wildman–Crippen MR) is 73.8 cm³/mol. The number of rotatable bonds is 4.